The second kappa shape index (κ2) is 5.78. The molecule has 2 nitrogen and oxygen atoms in total. The van der Waals surface area contributed by atoms with Crippen LogP contribution in [0.4, 0.5) is 8.78 Å². The van der Waals surface area contributed by atoms with Crippen molar-refractivity contribution in [1.29, 1.82) is 0 Å². The van der Waals surface area contributed by atoms with Gasteiger partial charge in [-0.15, -0.1) is 0 Å². The largest absolute Gasteiger partial charge is 0.338 e. The minimum absolute atomic E-state index is 0.420. The van der Waals surface area contributed by atoms with Crippen molar-refractivity contribution in [2.45, 2.75) is 12.8 Å². The summed E-state index contributed by atoms with van der Waals surface area (Å²) in [5.74, 6) is -1.70. The van der Waals surface area contributed by atoms with Gasteiger partial charge >= 0.3 is 0 Å². The number of benzene rings is 1. The summed E-state index contributed by atoms with van der Waals surface area (Å²) in [6.07, 6.45) is 1.87. The molecule has 0 N–H and O–H groups in total. The van der Waals surface area contributed by atoms with Gasteiger partial charge in [0.15, 0.2) is 0 Å². The van der Waals surface area contributed by atoms with E-state index in [1.54, 1.807) is 0 Å². The first-order valence-electron chi connectivity index (χ1n) is 5.92. The molecule has 1 saturated heterocycles. The number of carbonyl (C=O) groups is 1. The van der Waals surface area contributed by atoms with E-state index in [4.69, 9.17) is 0 Å². The van der Waals surface area contributed by atoms with Crippen molar-refractivity contribution >= 4 is 21.8 Å². The summed E-state index contributed by atoms with van der Waals surface area (Å²) in [6.45, 7) is 1.16. The van der Waals surface area contributed by atoms with E-state index in [9.17, 15) is 13.6 Å². The molecular formula is C13H14BrF2NO. The van der Waals surface area contributed by atoms with Crippen LogP contribution in [-0.2, 0) is 0 Å². The normalized spacial score (nSPS) is 19.3. The Balaban J connectivity index is 2.13. The van der Waals surface area contributed by atoms with Crippen LogP contribution >= 0.6 is 15.9 Å². The standard InChI is InChI=1S/C13H14BrF2NO/c14-6-4-9-5-7-17(8-9)13(18)12-10(15)2-1-3-11(12)16/h1-3,9H,4-8H2. The first-order chi connectivity index (χ1) is 8.63. The number of hydrogen-bond acceptors (Lipinski definition) is 1. The van der Waals surface area contributed by atoms with Crippen LogP contribution in [0, 0.1) is 17.6 Å². The molecule has 1 atom stereocenters. The average Bonchev–Trinajstić information content (AvgIpc) is 2.78. The maximum atomic E-state index is 13.5. The summed E-state index contributed by atoms with van der Waals surface area (Å²) in [7, 11) is 0. The van der Waals surface area contributed by atoms with Crippen molar-refractivity contribution in [2.75, 3.05) is 18.4 Å². The zero-order valence-corrected chi connectivity index (χ0v) is 11.4. The zero-order chi connectivity index (χ0) is 13.1. The highest BCUT2D eigenvalue weighted by Crippen LogP contribution is 2.23. The number of nitrogens with zero attached hydrogens (tertiary/aromatic N) is 1. The number of halogens is 3. The van der Waals surface area contributed by atoms with Crippen molar-refractivity contribution in [1.82, 2.24) is 4.90 Å². The predicted molar refractivity (Wildman–Crippen MR) is 68.8 cm³/mol. The van der Waals surface area contributed by atoms with Crippen molar-refractivity contribution in [3.63, 3.8) is 0 Å². The van der Waals surface area contributed by atoms with Gasteiger partial charge in [0.1, 0.15) is 17.2 Å². The van der Waals surface area contributed by atoms with E-state index in [2.05, 4.69) is 15.9 Å². The molecule has 1 aliphatic heterocycles. The Morgan fingerprint density at radius 2 is 2.06 bits per heavy atom. The van der Waals surface area contributed by atoms with E-state index in [0.29, 0.717) is 19.0 Å². The average molecular weight is 318 g/mol. The van der Waals surface area contributed by atoms with Crippen LogP contribution in [0.1, 0.15) is 23.2 Å². The van der Waals surface area contributed by atoms with Gasteiger partial charge in [0.25, 0.3) is 5.91 Å². The summed E-state index contributed by atoms with van der Waals surface area (Å²) in [5, 5.41) is 0.883. The number of amides is 1. The molecule has 1 amide bonds. The van der Waals surface area contributed by atoms with Gasteiger partial charge < -0.3 is 4.90 Å². The SMILES string of the molecule is O=C(c1c(F)cccc1F)N1CCC(CCBr)C1. The lowest BCUT2D eigenvalue weighted by Gasteiger charge is -2.17. The molecule has 1 aromatic carbocycles. The molecule has 98 valence electrons. The number of alkyl halides is 1. The van der Waals surface area contributed by atoms with Crippen LogP contribution in [0.15, 0.2) is 18.2 Å². The molecule has 0 spiro atoms. The molecule has 2 rings (SSSR count). The molecule has 0 aromatic heterocycles. The molecule has 1 heterocycles. The van der Waals surface area contributed by atoms with Crippen LogP contribution in [0.5, 0.6) is 0 Å². The van der Waals surface area contributed by atoms with Gasteiger partial charge in [0.2, 0.25) is 0 Å². The summed E-state index contributed by atoms with van der Waals surface area (Å²) in [5.41, 5.74) is -0.433. The first kappa shape index (κ1) is 13.5. The van der Waals surface area contributed by atoms with Gasteiger partial charge in [-0.3, -0.25) is 4.79 Å². The van der Waals surface area contributed by atoms with Crippen LogP contribution < -0.4 is 0 Å². The fraction of sp³-hybridized carbons (Fsp3) is 0.462. The second-order valence-corrected chi connectivity index (χ2v) is 5.27. The molecular weight excluding hydrogens is 304 g/mol. The molecule has 18 heavy (non-hydrogen) atoms. The molecule has 0 bridgehead atoms. The van der Waals surface area contributed by atoms with E-state index in [-0.39, 0.29) is 0 Å². The van der Waals surface area contributed by atoms with E-state index in [1.807, 2.05) is 0 Å². The van der Waals surface area contributed by atoms with E-state index in [0.717, 1.165) is 30.3 Å². The fourth-order valence-corrected chi connectivity index (χ4v) is 2.91. The van der Waals surface area contributed by atoms with E-state index in [1.165, 1.54) is 11.0 Å². The highest BCUT2D eigenvalue weighted by atomic mass is 79.9. The molecule has 0 radical (unpaired) electrons. The van der Waals surface area contributed by atoms with Crippen LogP contribution in [0.3, 0.4) is 0 Å². The maximum Gasteiger partial charge on any atom is 0.259 e. The molecule has 1 aromatic rings. The Labute approximate surface area is 113 Å². The third kappa shape index (κ3) is 2.71. The van der Waals surface area contributed by atoms with Crippen LogP contribution in [-0.4, -0.2) is 29.2 Å². The third-order valence-electron chi connectivity index (χ3n) is 3.27. The highest BCUT2D eigenvalue weighted by Gasteiger charge is 2.29. The Kier molecular flexibility index (Phi) is 4.32. The lowest BCUT2D eigenvalue weighted by molar-refractivity contribution is 0.0777. The van der Waals surface area contributed by atoms with Crippen LogP contribution in [0.2, 0.25) is 0 Å². The molecule has 1 unspecified atom stereocenters. The topological polar surface area (TPSA) is 20.3 Å². The Bertz CT molecular complexity index is 432. The monoisotopic (exact) mass is 317 g/mol. The molecule has 1 fully saturated rings. The third-order valence-corrected chi connectivity index (χ3v) is 3.72. The van der Waals surface area contributed by atoms with Gasteiger partial charge in [-0.25, -0.2) is 8.78 Å². The van der Waals surface area contributed by atoms with Gasteiger partial charge in [-0.2, -0.15) is 0 Å². The number of likely N-dealkylation sites (tertiary alicyclic amines) is 1. The predicted octanol–water partition coefficient (Wildman–Crippen LogP) is 3.21. The lowest BCUT2D eigenvalue weighted by Crippen LogP contribution is -2.30. The van der Waals surface area contributed by atoms with Crippen molar-refractivity contribution in [3.05, 3.63) is 35.4 Å². The summed E-state index contributed by atoms with van der Waals surface area (Å²) in [6, 6.07) is 3.49. The first-order valence-corrected chi connectivity index (χ1v) is 7.05. The van der Waals surface area contributed by atoms with Gasteiger partial charge in [0, 0.05) is 18.4 Å². The lowest BCUT2D eigenvalue weighted by atomic mass is 10.1. The highest BCUT2D eigenvalue weighted by molar-refractivity contribution is 9.09. The summed E-state index contributed by atoms with van der Waals surface area (Å²) in [4.78, 5) is 13.6. The second-order valence-electron chi connectivity index (χ2n) is 4.48. The molecule has 5 heteroatoms. The minimum Gasteiger partial charge on any atom is -0.338 e. The van der Waals surface area contributed by atoms with Gasteiger partial charge in [0.05, 0.1) is 0 Å². The fourth-order valence-electron chi connectivity index (χ4n) is 2.27. The number of hydrogen-bond donors (Lipinski definition) is 0. The van der Waals surface area contributed by atoms with E-state index >= 15 is 0 Å². The van der Waals surface area contributed by atoms with Crippen LogP contribution in [0.25, 0.3) is 0 Å². The molecule has 0 saturated carbocycles. The zero-order valence-electron chi connectivity index (χ0n) is 9.83. The van der Waals surface area contributed by atoms with Crippen molar-refractivity contribution in [2.24, 2.45) is 5.92 Å². The van der Waals surface area contributed by atoms with Gasteiger partial charge in [-0.05, 0) is 30.9 Å². The summed E-state index contributed by atoms with van der Waals surface area (Å²) < 4.78 is 27.0. The Morgan fingerprint density at radius 3 is 2.67 bits per heavy atom. The summed E-state index contributed by atoms with van der Waals surface area (Å²) >= 11 is 3.36. The number of rotatable bonds is 3. The molecule has 0 aliphatic carbocycles. The Hall–Kier alpha value is -0.970. The van der Waals surface area contributed by atoms with Gasteiger partial charge in [-0.1, -0.05) is 22.0 Å². The number of carbonyl (C=O) groups excluding carboxylic acids is 1. The smallest absolute Gasteiger partial charge is 0.259 e. The van der Waals surface area contributed by atoms with E-state index < -0.39 is 23.1 Å². The van der Waals surface area contributed by atoms with Crippen molar-refractivity contribution < 1.29 is 13.6 Å². The quantitative estimate of drug-likeness (QED) is 0.784. The Morgan fingerprint density at radius 1 is 1.39 bits per heavy atom. The minimum atomic E-state index is -0.788. The molecule has 1 aliphatic rings. The maximum absolute atomic E-state index is 13.5. The van der Waals surface area contributed by atoms with Crippen molar-refractivity contribution in [3.8, 4) is 0 Å².